The Morgan fingerprint density at radius 3 is 3.16 bits per heavy atom. The summed E-state index contributed by atoms with van der Waals surface area (Å²) in [5.74, 6) is -0.173. The summed E-state index contributed by atoms with van der Waals surface area (Å²) in [5.41, 5.74) is 8.80. The van der Waals surface area contributed by atoms with Crippen LogP contribution in [0.4, 0.5) is 10.1 Å². The van der Waals surface area contributed by atoms with Gasteiger partial charge in [0.2, 0.25) is 0 Å². The van der Waals surface area contributed by atoms with Crippen LogP contribution >= 0.6 is 11.3 Å². The molecule has 1 aromatic carbocycles. The van der Waals surface area contributed by atoms with Crippen LogP contribution in [0.3, 0.4) is 0 Å². The second kappa shape index (κ2) is 5.27. The molecule has 1 aromatic heterocycles. The van der Waals surface area contributed by atoms with Crippen molar-refractivity contribution in [3.8, 4) is 0 Å². The molecule has 0 aliphatic carbocycles. The lowest BCUT2D eigenvalue weighted by Crippen LogP contribution is -2.20. The van der Waals surface area contributed by atoms with E-state index < -0.39 is 0 Å². The van der Waals surface area contributed by atoms with Crippen LogP contribution in [-0.4, -0.2) is 18.1 Å². The summed E-state index contributed by atoms with van der Waals surface area (Å²) in [6.45, 7) is 2.31. The van der Waals surface area contributed by atoms with Crippen LogP contribution in [0.2, 0.25) is 0 Å². The van der Waals surface area contributed by atoms with Crippen molar-refractivity contribution in [1.29, 1.82) is 0 Å². The number of anilines is 1. The molecule has 19 heavy (non-hydrogen) atoms. The van der Waals surface area contributed by atoms with E-state index in [2.05, 4.69) is 15.3 Å². The maximum atomic E-state index is 13.3. The molecule has 3 rings (SSSR count). The summed E-state index contributed by atoms with van der Waals surface area (Å²) in [4.78, 5) is 6.76. The first-order chi connectivity index (χ1) is 9.26. The molecule has 1 aliphatic rings. The van der Waals surface area contributed by atoms with Crippen LogP contribution in [0.5, 0.6) is 0 Å². The molecular formula is C14H16FN3S. The molecule has 0 unspecified atom stereocenters. The standard InChI is InChI=1S/C14H16FN3S/c15-11-2-1-10-4-6-18(13(10)7-11)8-12-9-19-14(17-12)3-5-16/h1-2,7,9H,3-6,8,16H2. The summed E-state index contributed by atoms with van der Waals surface area (Å²) >= 11 is 1.65. The Labute approximate surface area is 115 Å². The maximum absolute atomic E-state index is 13.3. The number of thiazole rings is 1. The van der Waals surface area contributed by atoms with E-state index in [1.807, 2.05) is 6.07 Å². The highest BCUT2D eigenvalue weighted by Gasteiger charge is 2.20. The number of aromatic nitrogens is 1. The molecule has 0 spiro atoms. The molecule has 0 saturated heterocycles. The second-order valence-corrected chi connectivity index (χ2v) is 5.66. The highest BCUT2D eigenvalue weighted by atomic mass is 32.1. The van der Waals surface area contributed by atoms with Crippen LogP contribution in [-0.2, 0) is 19.4 Å². The van der Waals surface area contributed by atoms with E-state index in [0.29, 0.717) is 6.54 Å². The highest BCUT2D eigenvalue weighted by molar-refractivity contribution is 7.09. The number of fused-ring (bicyclic) bond motifs is 1. The van der Waals surface area contributed by atoms with E-state index in [4.69, 9.17) is 5.73 Å². The lowest BCUT2D eigenvalue weighted by Gasteiger charge is -2.17. The van der Waals surface area contributed by atoms with Crippen molar-refractivity contribution in [3.63, 3.8) is 0 Å². The van der Waals surface area contributed by atoms with Crippen LogP contribution in [0.1, 0.15) is 16.3 Å². The Bertz CT molecular complexity index is 582. The van der Waals surface area contributed by atoms with Crippen molar-refractivity contribution in [2.45, 2.75) is 19.4 Å². The minimum absolute atomic E-state index is 0.173. The first kappa shape index (κ1) is 12.6. The fraction of sp³-hybridized carbons (Fsp3) is 0.357. The lowest BCUT2D eigenvalue weighted by molar-refractivity contribution is 0.627. The Morgan fingerprint density at radius 1 is 1.42 bits per heavy atom. The van der Waals surface area contributed by atoms with E-state index >= 15 is 0 Å². The average molecular weight is 277 g/mol. The molecule has 100 valence electrons. The van der Waals surface area contributed by atoms with Crippen molar-refractivity contribution in [2.24, 2.45) is 5.73 Å². The van der Waals surface area contributed by atoms with Gasteiger partial charge in [0.15, 0.2) is 0 Å². The van der Waals surface area contributed by atoms with E-state index in [9.17, 15) is 4.39 Å². The first-order valence-corrected chi connectivity index (χ1v) is 7.31. The number of hydrogen-bond acceptors (Lipinski definition) is 4. The van der Waals surface area contributed by atoms with E-state index in [-0.39, 0.29) is 5.82 Å². The fourth-order valence-corrected chi connectivity index (χ4v) is 3.24. The Morgan fingerprint density at radius 2 is 2.32 bits per heavy atom. The van der Waals surface area contributed by atoms with Crippen molar-refractivity contribution >= 4 is 17.0 Å². The van der Waals surface area contributed by atoms with Gasteiger partial charge in [-0.15, -0.1) is 11.3 Å². The molecule has 0 amide bonds. The third-order valence-electron chi connectivity index (χ3n) is 3.35. The second-order valence-electron chi connectivity index (χ2n) is 4.72. The van der Waals surface area contributed by atoms with Crippen LogP contribution in [0.15, 0.2) is 23.6 Å². The zero-order valence-electron chi connectivity index (χ0n) is 10.6. The predicted octanol–water partition coefficient (Wildman–Crippen LogP) is 2.35. The zero-order valence-corrected chi connectivity index (χ0v) is 11.4. The molecule has 2 aromatic rings. The van der Waals surface area contributed by atoms with Gasteiger partial charge >= 0.3 is 0 Å². The minimum Gasteiger partial charge on any atom is -0.365 e. The van der Waals surface area contributed by atoms with Crippen LogP contribution in [0, 0.1) is 5.82 Å². The molecule has 0 atom stereocenters. The largest absolute Gasteiger partial charge is 0.365 e. The van der Waals surface area contributed by atoms with Gasteiger partial charge in [0.1, 0.15) is 5.82 Å². The number of halogens is 1. The number of hydrogen-bond donors (Lipinski definition) is 1. The molecule has 2 N–H and O–H groups in total. The third-order valence-corrected chi connectivity index (χ3v) is 4.31. The van der Waals surface area contributed by atoms with Crippen molar-refractivity contribution in [3.05, 3.63) is 45.7 Å². The lowest BCUT2D eigenvalue weighted by atomic mass is 10.2. The van der Waals surface area contributed by atoms with Crippen LogP contribution in [0.25, 0.3) is 0 Å². The summed E-state index contributed by atoms with van der Waals surface area (Å²) < 4.78 is 13.3. The third kappa shape index (κ3) is 2.62. The van der Waals surface area contributed by atoms with Gasteiger partial charge in [0.05, 0.1) is 17.2 Å². The summed E-state index contributed by atoms with van der Waals surface area (Å²) in [5, 5.41) is 3.15. The topological polar surface area (TPSA) is 42.1 Å². The Hall–Kier alpha value is -1.46. The molecule has 0 saturated carbocycles. The summed E-state index contributed by atoms with van der Waals surface area (Å²) in [6.07, 6.45) is 1.81. The van der Waals surface area contributed by atoms with E-state index in [1.165, 1.54) is 11.6 Å². The molecule has 5 heteroatoms. The van der Waals surface area contributed by atoms with Gasteiger partial charge < -0.3 is 10.6 Å². The molecule has 0 bridgehead atoms. The summed E-state index contributed by atoms with van der Waals surface area (Å²) in [6, 6.07) is 5.03. The fourth-order valence-electron chi connectivity index (χ4n) is 2.44. The van der Waals surface area contributed by atoms with E-state index in [1.54, 1.807) is 17.4 Å². The quantitative estimate of drug-likeness (QED) is 0.932. The van der Waals surface area contributed by atoms with Gasteiger partial charge in [-0.2, -0.15) is 0 Å². The zero-order chi connectivity index (χ0) is 13.2. The smallest absolute Gasteiger partial charge is 0.125 e. The molecule has 3 nitrogen and oxygen atoms in total. The van der Waals surface area contributed by atoms with Gasteiger partial charge in [-0.25, -0.2) is 9.37 Å². The SMILES string of the molecule is NCCc1nc(CN2CCc3ccc(F)cc32)cs1. The molecule has 0 radical (unpaired) electrons. The minimum atomic E-state index is -0.173. The number of benzene rings is 1. The highest BCUT2D eigenvalue weighted by Crippen LogP contribution is 2.30. The number of rotatable bonds is 4. The molecule has 0 fully saturated rings. The van der Waals surface area contributed by atoms with Crippen molar-refractivity contribution in [2.75, 3.05) is 18.0 Å². The molecule has 2 heterocycles. The summed E-state index contributed by atoms with van der Waals surface area (Å²) in [7, 11) is 0. The van der Waals surface area contributed by atoms with Gasteiger partial charge in [0.25, 0.3) is 0 Å². The Balaban J connectivity index is 1.76. The number of nitrogens with two attached hydrogens (primary N) is 1. The van der Waals surface area contributed by atoms with Crippen molar-refractivity contribution in [1.82, 2.24) is 4.98 Å². The molecule has 1 aliphatic heterocycles. The van der Waals surface area contributed by atoms with Gasteiger partial charge in [0, 0.05) is 24.0 Å². The normalized spacial score (nSPS) is 13.9. The van der Waals surface area contributed by atoms with E-state index in [0.717, 1.165) is 42.3 Å². The molecular weight excluding hydrogens is 261 g/mol. The van der Waals surface area contributed by atoms with Gasteiger partial charge in [-0.05, 0) is 30.7 Å². The Kier molecular flexibility index (Phi) is 3.48. The maximum Gasteiger partial charge on any atom is 0.125 e. The average Bonchev–Trinajstić information content (AvgIpc) is 2.98. The van der Waals surface area contributed by atoms with Crippen LogP contribution < -0.4 is 10.6 Å². The first-order valence-electron chi connectivity index (χ1n) is 6.43. The predicted molar refractivity (Wildman–Crippen MR) is 76.0 cm³/mol. The van der Waals surface area contributed by atoms with Gasteiger partial charge in [-0.3, -0.25) is 0 Å². The van der Waals surface area contributed by atoms with Crippen molar-refractivity contribution < 1.29 is 4.39 Å². The number of nitrogens with zero attached hydrogens (tertiary/aromatic N) is 2. The van der Waals surface area contributed by atoms with Gasteiger partial charge in [-0.1, -0.05) is 6.07 Å². The monoisotopic (exact) mass is 277 g/mol.